The van der Waals surface area contributed by atoms with E-state index in [0.29, 0.717) is 12.1 Å². The highest BCUT2D eigenvalue weighted by atomic mass is 16.3. The van der Waals surface area contributed by atoms with E-state index in [9.17, 15) is 9.90 Å². The van der Waals surface area contributed by atoms with Crippen LogP contribution in [-0.2, 0) is 0 Å². The Kier molecular flexibility index (Phi) is 4.10. The summed E-state index contributed by atoms with van der Waals surface area (Å²) in [5, 5.41) is 16.0. The monoisotopic (exact) mass is 262 g/mol. The normalized spacial score (nSPS) is 18.0. The van der Waals surface area contributed by atoms with Gasteiger partial charge in [-0.2, -0.15) is 0 Å². The molecule has 1 saturated heterocycles. The fraction of sp³-hybridized carbons (Fsp3) is 0.533. The van der Waals surface area contributed by atoms with Gasteiger partial charge in [0.25, 0.3) is 5.91 Å². The van der Waals surface area contributed by atoms with Crippen molar-refractivity contribution in [3.8, 4) is 5.75 Å². The lowest BCUT2D eigenvalue weighted by atomic mass is 9.81. The fourth-order valence-corrected chi connectivity index (χ4v) is 2.43. The first-order valence-corrected chi connectivity index (χ1v) is 6.79. The van der Waals surface area contributed by atoms with E-state index in [0.717, 1.165) is 31.5 Å². The number of amides is 1. The van der Waals surface area contributed by atoms with E-state index >= 15 is 0 Å². The molecular weight excluding hydrogens is 240 g/mol. The first-order valence-electron chi connectivity index (χ1n) is 6.79. The van der Waals surface area contributed by atoms with Gasteiger partial charge in [0, 0.05) is 6.54 Å². The minimum Gasteiger partial charge on any atom is -0.507 e. The van der Waals surface area contributed by atoms with Crippen molar-refractivity contribution in [2.24, 2.45) is 5.41 Å². The standard InChI is InChI=1S/C15H22N2O2/c1-11-3-4-13(18)12(9-11)14(19)17-10-15(2)5-7-16-8-6-15/h3-4,9,16,18H,5-8,10H2,1-2H3,(H,17,19). The highest BCUT2D eigenvalue weighted by molar-refractivity contribution is 5.97. The molecule has 1 fully saturated rings. The van der Waals surface area contributed by atoms with Crippen LogP contribution in [0, 0.1) is 12.3 Å². The molecule has 0 bridgehead atoms. The third kappa shape index (κ3) is 3.47. The largest absolute Gasteiger partial charge is 0.507 e. The highest BCUT2D eigenvalue weighted by Crippen LogP contribution is 2.27. The minimum atomic E-state index is -0.194. The lowest BCUT2D eigenvalue weighted by molar-refractivity contribution is 0.0919. The number of rotatable bonds is 3. The summed E-state index contributed by atoms with van der Waals surface area (Å²) in [6.07, 6.45) is 2.13. The van der Waals surface area contributed by atoms with Crippen molar-refractivity contribution >= 4 is 5.91 Å². The summed E-state index contributed by atoms with van der Waals surface area (Å²) in [7, 11) is 0. The van der Waals surface area contributed by atoms with E-state index in [1.165, 1.54) is 0 Å². The maximum Gasteiger partial charge on any atom is 0.255 e. The predicted molar refractivity (Wildman–Crippen MR) is 75.4 cm³/mol. The van der Waals surface area contributed by atoms with Crippen LogP contribution in [0.1, 0.15) is 35.7 Å². The van der Waals surface area contributed by atoms with Crippen molar-refractivity contribution in [1.82, 2.24) is 10.6 Å². The molecule has 1 aromatic carbocycles. The molecule has 0 atom stereocenters. The highest BCUT2D eigenvalue weighted by Gasteiger charge is 2.27. The number of hydrogen-bond acceptors (Lipinski definition) is 3. The van der Waals surface area contributed by atoms with Gasteiger partial charge in [-0.1, -0.05) is 18.6 Å². The quantitative estimate of drug-likeness (QED) is 0.778. The van der Waals surface area contributed by atoms with Gasteiger partial charge in [-0.05, 0) is 50.4 Å². The van der Waals surface area contributed by atoms with Crippen LogP contribution in [0.15, 0.2) is 18.2 Å². The number of carbonyl (C=O) groups excluding carboxylic acids is 1. The molecule has 0 aliphatic carbocycles. The Hall–Kier alpha value is -1.55. The second-order valence-corrected chi connectivity index (χ2v) is 5.76. The summed E-state index contributed by atoms with van der Waals surface area (Å²) in [4.78, 5) is 12.1. The maximum atomic E-state index is 12.1. The molecule has 1 aromatic rings. The summed E-state index contributed by atoms with van der Waals surface area (Å²) in [6, 6.07) is 5.08. The van der Waals surface area contributed by atoms with Gasteiger partial charge in [0.05, 0.1) is 5.56 Å². The summed E-state index contributed by atoms with van der Waals surface area (Å²) in [6.45, 7) is 6.76. The maximum absolute atomic E-state index is 12.1. The van der Waals surface area contributed by atoms with Crippen molar-refractivity contribution < 1.29 is 9.90 Å². The molecule has 0 aromatic heterocycles. The van der Waals surface area contributed by atoms with Crippen molar-refractivity contribution in [3.63, 3.8) is 0 Å². The first kappa shape index (κ1) is 13.9. The molecule has 0 spiro atoms. The molecule has 1 aliphatic heterocycles. The van der Waals surface area contributed by atoms with Gasteiger partial charge >= 0.3 is 0 Å². The smallest absolute Gasteiger partial charge is 0.255 e. The topological polar surface area (TPSA) is 61.4 Å². The molecule has 19 heavy (non-hydrogen) atoms. The van der Waals surface area contributed by atoms with Gasteiger partial charge in [0.2, 0.25) is 0 Å². The van der Waals surface area contributed by atoms with E-state index in [4.69, 9.17) is 0 Å². The summed E-state index contributed by atoms with van der Waals surface area (Å²) in [5.74, 6) is -0.153. The lowest BCUT2D eigenvalue weighted by Gasteiger charge is -2.34. The Bertz CT molecular complexity index is 465. The fourth-order valence-electron chi connectivity index (χ4n) is 2.43. The number of aryl methyl sites for hydroxylation is 1. The van der Waals surface area contributed by atoms with Gasteiger partial charge in [0.15, 0.2) is 0 Å². The first-order chi connectivity index (χ1) is 9.00. The van der Waals surface area contributed by atoms with Crippen LogP contribution in [0.25, 0.3) is 0 Å². The Morgan fingerprint density at radius 1 is 1.42 bits per heavy atom. The molecule has 0 unspecified atom stereocenters. The summed E-state index contributed by atoms with van der Waals surface area (Å²) >= 11 is 0. The van der Waals surface area contributed by atoms with E-state index in [2.05, 4.69) is 17.6 Å². The third-order valence-electron chi connectivity index (χ3n) is 3.88. The Balaban J connectivity index is 1.99. The number of aromatic hydroxyl groups is 1. The zero-order valence-corrected chi connectivity index (χ0v) is 11.6. The van der Waals surface area contributed by atoms with Crippen LogP contribution < -0.4 is 10.6 Å². The van der Waals surface area contributed by atoms with Crippen LogP contribution in [0.3, 0.4) is 0 Å². The van der Waals surface area contributed by atoms with Gasteiger partial charge in [0.1, 0.15) is 5.75 Å². The summed E-state index contributed by atoms with van der Waals surface area (Å²) in [5.41, 5.74) is 1.48. The molecule has 0 radical (unpaired) electrons. The van der Waals surface area contributed by atoms with Crippen molar-refractivity contribution in [2.75, 3.05) is 19.6 Å². The Morgan fingerprint density at radius 3 is 2.79 bits per heavy atom. The third-order valence-corrected chi connectivity index (χ3v) is 3.88. The van der Waals surface area contributed by atoms with Crippen molar-refractivity contribution in [1.29, 1.82) is 0 Å². The number of carbonyl (C=O) groups is 1. The van der Waals surface area contributed by atoms with Crippen LogP contribution in [0.2, 0.25) is 0 Å². The molecule has 4 nitrogen and oxygen atoms in total. The Labute approximate surface area is 114 Å². The average Bonchev–Trinajstić information content (AvgIpc) is 2.40. The van der Waals surface area contributed by atoms with Gasteiger partial charge in [-0.3, -0.25) is 4.79 Å². The van der Waals surface area contributed by atoms with Crippen LogP contribution in [0.5, 0.6) is 5.75 Å². The van der Waals surface area contributed by atoms with E-state index in [1.807, 2.05) is 6.92 Å². The van der Waals surface area contributed by atoms with Gasteiger partial charge in [-0.15, -0.1) is 0 Å². The SMILES string of the molecule is Cc1ccc(O)c(C(=O)NCC2(C)CCNCC2)c1. The number of phenols is 1. The summed E-state index contributed by atoms with van der Waals surface area (Å²) < 4.78 is 0. The molecule has 104 valence electrons. The Morgan fingerprint density at radius 2 is 2.11 bits per heavy atom. The molecule has 3 N–H and O–H groups in total. The van der Waals surface area contributed by atoms with Gasteiger partial charge < -0.3 is 15.7 Å². The van der Waals surface area contributed by atoms with Gasteiger partial charge in [-0.25, -0.2) is 0 Å². The zero-order valence-electron chi connectivity index (χ0n) is 11.6. The molecule has 4 heteroatoms. The van der Waals surface area contributed by atoms with Crippen molar-refractivity contribution in [2.45, 2.75) is 26.7 Å². The minimum absolute atomic E-state index is 0.0403. The zero-order chi connectivity index (χ0) is 13.9. The van der Waals surface area contributed by atoms with E-state index in [1.54, 1.807) is 18.2 Å². The molecule has 2 rings (SSSR count). The molecular formula is C15H22N2O2. The second-order valence-electron chi connectivity index (χ2n) is 5.76. The molecule has 0 saturated carbocycles. The number of piperidine rings is 1. The lowest BCUT2D eigenvalue weighted by Crippen LogP contribution is -2.42. The van der Waals surface area contributed by atoms with Crippen LogP contribution in [-0.4, -0.2) is 30.6 Å². The number of benzene rings is 1. The second kappa shape index (κ2) is 5.61. The predicted octanol–water partition coefficient (Wildman–Crippen LogP) is 1.82. The number of nitrogens with one attached hydrogen (secondary N) is 2. The van der Waals surface area contributed by atoms with E-state index in [-0.39, 0.29) is 17.1 Å². The molecule has 1 aliphatic rings. The van der Waals surface area contributed by atoms with Crippen LogP contribution in [0.4, 0.5) is 0 Å². The molecule has 1 heterocycles. The average molecular weight is 262 g/mol. The molecule has 1 amide bonds. The van der Waals surface area contributed by atoms with Crippen molar-refractivity contribution in [3.05, 3.63) is 29.3 Å². The number of phenolic OH excluding ortho intramolecular Hbond substituents is 1. The van der Waals surface area contributed by atoms with Crippen LogP contribution >= 0.6 is 0 Å². The number of hydrogen-bond donors (Lipinski definition) is 3. The van der Waals surface area contributed by atoms with E-state index < -0.39 is 0 Å².